The van der Waals surface area contributed by atoms with E-state index in [1.807, 2.05) is 19.0 Å². The standard InChI is InChI=1S/C15H22Cl2N2O2S.ClH/c1-19(2)15(10-6-4-3-5-7-10)13-12(22(18,20)21)9-8-11(16)14(13)17;/h8-10,15H,3-7H2,1-2H3,(H2,18,20,21);1H. The molecule has 1 saturated carbocycles. The van der Waals surface area contributed by atoms with E-state index in [4.69, 9.17) is 28.3 Å². The number of benzene rings is 1. The Morgan fingerprint density at radius 2 is 1.74 bits per heavy atom. The minimum atomic E-state index is -3.86. The zero-order valence-electron chi connectivity index (χ0n) is 13.3. The molecule has 0 aliphatic heterocycles. The molecule has 8 heteroatoms. The summed E-state index contributed by atoms with van der Waals surface area (Å²) < 4.78 is 24.0. The van der Waals surface area contributed by atoms with Gasteiger partial charge in [-0.15, -0.1) is 12.4 Å². The van der Waals surface area contributed by atoms with Crippen molar-refractivity contribution in [2.24, 2.45) is 11.1 Å². The molecule has 0 bridgehead atoms. The van der Waals surface area contributed by atoms with Crippen LogP contribution >= 0.6 is 35.6 Å². The van der Waals surface area contributed by atoms with Crippen LogP contribution in [0.25, 0.3) is 0 Å². The van der Waals surface area contributed by atoms with Gasteiger partial charge >= 0.3 is 0 Å². The van der Waals surface area contributed by atoms with Crippen LogP contribution < -0.4 is 5.14 Å². The molecule has 1 fully saturated rings. The van der Waals surface area contributed by atoms with Crippen molar-refractivity contribution in [1.29, 1.82) is 0 Å². The number of nitrogens with zero attached hydrogens (tertiary/aromatic N) is 1. The monoisotopic (exact) mass is 400 g/mol. The fraction of sp³-hybridized carbons (Fsp3) is 0.600. The molecule has 0 heterocycles. The summed E-state index contributed by atoms with van der Waals surface area (Å²) >= 11 is 12.5. The number of hydrogen-bond acceptors (Lipinski definition) is 3. The lowest BCUT2D eigenvalue weighted by Gasteiger charge is -2.36. The fourth-order valence-electron chi connectivity index (χ4n) is 3.44. The minimum Gasteiger partial charge on any atom is -0.302 e. The van der Waals surface area contributed by atoms with Gasteiger partial charge in [0.1, 0.15) is 0 Å². The molecule has 0 spiro atoms. The van der Waals surface area contributed by atoms with Gasteiger partial charge in [-0.3, -0.25) is 0 Å². The van der Waals surface area contributed by atoms with E-state index in [1.165, 1.54) is 18.6 Å². The molecule has 1 aliphatic carbocycles. The van der Waals surface area contributed by atoms with E-state index in [2.05, 4.69) is 0 Å². The van der Waals surface area contributed by atoms with Crippen LogP contribution in [0.1, 0.15) is 43.7 Å². The summed E-state index contributed by atoms with van der Waals surface area (Å²) in [7, 11) is 0.00821. The van der Waals surface area contributed by atoms with E-state index in [1.54, 1.807) is 0 Å². The molecule has 4 nitrogen and oxygen atoms in total. The molecule has 23 heavy (non-hydrogen) atoms. The number of primary sulfonamides is 1. The molecular weight excluding hydrogens is 379 g/mol. The second-order valence-electron chi connectivity index (χ2n) is 6.12. The number of halogens is 3. The van der Waals surface area contributed by atoms with E-state index in [0.717, 1.165) is 25.7 Å². The van der Waals surface area contributed by atoms with Gasteiger partial charge in [-0.2, -0.15) is 0 Å². The second-order valence-corrected chi connectivity index (χ2v) is 8.44. The van der Waals surface area contributed by atoms with E-state index in [-0.39, 0.29) is 28.4 Å². The van der Waals surface area contributed by atoms with E-state index >= 15 is 0 Å². The van der Waals surface area contributed by atoms with Crippen molar-refractivity contribution in [3.05, 3.63) is 27.7 Å². The number of hydrogen-bond donors (Lipinski definition) is 1. The summed E-state index contributed by atoms with van der Waals surface area (Å²) in [5, 5.41) is 6.04. The normalized spacial score (nSPS) is 17.8. The van der Waals surface area contributed by atoms with Crippen molar-refractivity contribution in [2.75, 3.05) is 14.1 Å². The van der Waals surface area contributed by atoms with Crippen LogP contribution in [0, 0.1) is 5.92 Å². The second kappa shape index (κ2) is 8.37. The molecular formula is C15H23Cl3N2O2S. The average molecular weight is 402 g/mol. The highest BCUT2D eigenvalue weighted by molar-refractivity contribution is 7.89. The maximum absolute atomic E-state index is 12.0. The first-order valence-electron chi connectivity index (χ1n) is 7.40. The van der Waals surface area contributed by atoms with Crippen LogP contribution in [0.5, 0.6) is 0 Å². The molecule has 1 aliphatic rings. The van der Waals surface area contributed by atoms with Gasteiger partial charge in [0, 0.05) is 11.6 Å². The highest BCUT2D eigenvalue weighted by Gasteiger charge is 2.33. The van der Waals surface area contributed by atoms with Gasteiger partial charge in [-0.25, -0.2) is 13.6 Å². The molecule has 1 aromatic rings. The van der Waals surface area contributed by atoms with Crippen molar-refractivity contribution in [2.45, 2.75) is 43.0 Å². The van der Waals surface area contributed by atoms with Crippen LogP contribution in [-0.2, 0) is 10.0 Å². The van der Waals surface area contributed by atoms with Gasteiger partial charge in [0.25, 0.3) is 0 Å². The van der Waals surface area contributed by atoms with Crippen LogP contribution in [0.4, 0.5) is 0 Å². The van der Waals surface area contributed by atoms with Crippen molar-refractivity contribution >= 4 is 45.6 Å². The zero-order chi connectivity index (χ0) is 16.5. The molecule has 0 aromatic heterocycles. The minimum absolute atomic E-state index is 0. The molecule has 0 radical (unpaired) electrons. The predicted octanol–water partition coefficient (Wildman–Crippen LogP) is 4.25. The fourth-order valence-corrected chi connectivity index (χ4v) is 4.72. The summed E-state index contributed by atoms with van der Waals surface area (Å²) in [6, 6.07) is 2.83. The van der Waals surface area contributed by atoms with E-state index < -0.39 is 10.0 Å². The lowest BCUT2D eigenvalue weighted by Crippen LogP contribution is -2.31. The third kappa shape index (κ3) is 4.74. The van der Waals surface area contributed by atoms with Gasteiger partial charge in [0.15, 0.2) is 0 Å². The largest absolute Gasteiger partial charge is 0.302 e. The van der Waals surface area contributed by atoms with Crippen molar-refractivity contribution in [3.63, 3.8) is 0 Å². The van der Waals surface area contributed by atoms with E-state index in [9.17, 15) is 8.42 Å². The van der Waals surface area contributed by atoms with Crippen molar-refractivity contribution in [1.82, 2.24) is 4.90 Å². The lowest BCUT2D eigenvalue weighted by molar-refractivity contribution is 0.169. The van der Waals surface area contributed by atoms with Gasteiger partial charge in [0.2, 0.25) is 10.0 Å². The summed E-state index contributed by atoms with van der Waals surface area (Å²) in [6.07, 6.45) is 5.63. The van der Waals surface area contributed by atoms with Gasteiger partial charge < -0.3 is 4.90 Å². The van der Waals surface area contributed by atoms with Crippen LogP contribution in [-0.4, -0.2) is 27.4 Å². The molecule has 0 amide bonds. The molecule has 2 rings (SSSR count). The highest BCUT2D eigenvalue weighted by atomic mass is 35.5. The summed E-state index contributed by atoms with van der Waals surface area (Å²) in [5.74, 6) is 0.347. The van der Waals surface area contributed by atoms with Crippen molar-refractivity contribution in [3.8, 4) is 0 Å². The Kier molecular flexibility index (Phi) is 7.64. The van der Waals surface area contributed by atoms with Crippen LogP contribution in [0.2, 0.25) is 10.0 Å². The predicted molar refractivity (Wildman–Crippen MR) is 98.1 cm³/mol. The first-order chi connectivity index (χ1) is 10.2. The van der Waals surface area contributed by atoms with Gasteiger partial charge in [-0.05, 0) is 45.0 Å². The van der Waals surface area contributed by atoms with Gasteiger partial charge in [0.05, 0.1) is 14.9 Å². The summed E-state index contributed by atoms with van der Waals surface area (Å²) in [6.45, 7) is 0. The van der Waals surface area contributed by atoms with E-state index in [0.29, 0.717) is 16.5 Å². The Hall–Kier alpha value is -0.0400. The molecule has 1 atom stereocenters. The summed E-state index contributed by atoms with van der Waals surface area (Å²) in [5.41, 5.74) is 0.536. The topological polar surface area (TPSA) is 63.4 Å². The zero-order valence-corrected chi connectivity index (χ0v) is 16.4. The highest BCUT2D eigenvalue weighted by Crippen LogP contribution is 2.44. The van der Waals surface area contributed by atoms with Crippen LogP contribution in [0.3, 0.4) is 0 Å². The summed E-state index contributed by atoms with van der Waals surface area (Å²) in [4.78, 5) is 2.09. The maximum atomic E-state index is 12.0. The third-order valence-corrected chi connectivity index (χ3v) is 6.14. The Bertz CT molecular complexity index is 644. The first kappa shape index (κ1) is 21.0. The van der Waals surface area contributed by atoms with Crippen molar-refractivity contribution < 1.29 is 8.42 Å². The first-order valence-corrected chi connectivity index (χ1v) is 9.71. The van der Waals surface area contributed by atoms with Crippen LogP contribution in [0.15, 0.2) is 17.0 Å². The number of sulfonamides is 1. The lowest BCUT2D eigenvalue weighted by atomic mass is 9.80. The molecule has 1 aromatic carbocycles. The third-order valence-electron chi connectivity index (χ3n) is 4.35. The molecule has 132 valence electrons. The maximum Gasteiger partial charge on any atom is 0.238 e. The smallest absolute Gasteiger partial charge is 0.238 e. The Labute approximate surface area is 154 Å². The number of rotatable bonds is 4. The Morgan fingerprint density at radius 1 is 1.17 bits per heavy atom. The Balaban J connectivity index is 0.00000264. The molecule has 1 unspecified atom stereocenters. The molecule has 0 saturated heterocycles. The SMILES string of the molecule is CN(C)C(c1c(S(N)(=O)=O)ccc(Cl)c1Cl)C1CCCCC1.Cl. The molecule has 2 N–H and O–H groups in total. The number of nitrogens with two attached hydrogens (primary N) is 1. The van der Waals surface area contributed by atoms with Gasteiger partial charge in [-0.1, -0.05) is 42.5 Å². The average Bonchev–Trinajstić information content (AvgIpc) is 2.43. The Morgan fingerprint density at radius 3 is 2.22 bits per heavy atom. The quantitative estimate of drug-likeness (QED) is 0.820.